The number of rotatable bonds is 5. The Labute approximate surface area is 113 Å². The van der Waals surface area contributed by atoms with Crippen molar-refractivity contribution >= 4 is 12.0 Å². The van der Waals surface area contributed by atoms with Gasteiger partial charge in [-0.25, -0.2) is 9.59 Å². The number of amides is 2. The molecular weight excluding hydrogens is 250 g/mol. The van der Waals surface area contributed by atoms with E-state index in [9.17, 15) is 14.7 Å². The Morgan fingerprint density at radius 2 is 2.11 bits per heavy atom. The maximum atomic E-state index is 11.9. The van der Waals surface area contributed by atoms with Gasteiger partial charge in [0.15, 0.2) is 0 Å². The highest BCUT2D eigenvalue weighted by atomic mass is 16.4. The highest BCUT2D eigenvalue weighted by Gasteiger charge is 2.38. The number of aliphatic hydroxyl groups is 1. The second-order valence-corrected chi connectivity index (χ2v) is 5.20. The van der Waals surface area contributed by atoms with E-state index in [0.29, 0.717) is 19.1 Å². The van der Waals surface area contributed by atoms with Crippen LogP contribution in [0.25, 0.3) is 0 Å². The molecule has 0 saturated carbocycles. The summed E-state index contributed by atoms with van der Waals surface area (Å²) in [7, 11) is 1.95. The number of carbonyl (C=O) groups excluding carboxylic acids is 1. The molecule has 0 spiro atoms. The summed E-state index contributed by atoms with van der Waals surface area (Å²) in [6.07, 6.45) is -0.667. The minimum absolute atomic E-state index is 0.0722. The molecule has 2 amide bonds. The smallest absolute Gasteiger partial charge is 0.326 e. The lowest BCUT2D eigenvalue weighted by Gasteiger charge is -2.24. The van der Waals surface area contributed by atoms with Gasteiger partial charge in [0, 0.05) is 32.1 Å². The van der Waals surface area contributed by atoms with Crippen LogP contribution in [0.3, 0.4) is 0 Å². The maximum absolute atomic E-state index is 11.9. The molecule has 0 radical (unpaired) electrons. The number of hydrogen-bond donors (Lipinski definition) is 3. The summed E-state index contributed by atoms with van der Waals surface area (Å²) >= 11 is 0. The van der Waals surface area contributed by atoms with E-state index in [2.05, 4.69) is 24.1 Å². The fourth-order valence-corrected chi connectivity index (χ4v) is 1.97. The molecule has 110 valence electrons. The Morgan fingerprint density at radius 1 is 1.47 bits per heavy atom. The number of carbonyl (C=O) groups is 2. The first-order valence-electron chi connectivity index (χ1n) is 6.48. The first-order valence-corrected chi connectivity index (χ1v) is 6.48. The molecule has 1 heterocycles. The fourth-order valence-electron chi connectivity index (χ4n) is 1.97. The van der Waals surface area contributed by atoms with Gasteiger partial charge in [-0.1, -0.05) is 0 Å². The number of nitrogens with one attached hydrogen (secondary N) is 1. The van der Waals surface area contributed by atoms with Crippen LogP contribution in [0.1, 0.15) is 20.3 Å². The van der Waals surface area contributed by atoms with E-state index in [4.69, 9.17) is 5.11 Å². The molecule has 1 saturated heterocycles. The second kappa shape index (κ2) is 6.72. The normalized spacial score (nSPS) is 23.2. The summed E-state index contributed by atoms with van der Waals surface area (Å²) in [5.74, 6) is -1.08. The number of likely N-dealkylation sites (tertiary alicyclic amines) is 1. The molecule has 0 aromatic heterocycles. The standard InChI is InChI=1S/C12H23N3O4/c1-8(2)14(3)5-4-13-12(19)15-7-9(16)6-10(15)11(17)18/h8-10,16H,4-7H2,1-3H3,(H,13,19)(H,17,18)/t9-,10-/m0/s1. The zero-order chi connectivity index (χ0) is 14.6. The Kier molecular flexibility index (Phi) is 5.56. The van der Waals surface area contributed by atoms with Crippen LogP contribution in [0.2, 0.25) is 0 Å². The van der Waals surface area contributed by atoms with Gasteiger partial charge in [0.05, 0.1) is 6.10 Å². The van der Waals surface area contributed by atoms with Gasteiger partial charge in [0.25, 0.3) is 0 Å². The largest absolute Gasteiger partial charge is 0.480 e. The van der Waals surface area contributed by atoms with Crippen LogP contribution >= 0.6 is 0 Å². The van der Waals surface area contributed by atoms with Crippen LogP contribution in [0.5, 0.6) is 0 Å². The summed E-state index contributed by atoms with van der Waals surface area (Å²) in [5, 5.41) is 21.1. The zero-order valence-corrected chi connectivity index (χ0v) is 11.7. The summed E-state index contributed by atoms with van der Waals surface area (Å²) in [6.45, 7) is 5.32. The Bertz CT molecular complexity index is 335. The number of hydrogen-bond acceptors (Lipinski definition) is 4. The number of nitrogens with zero attached hydrogens (tertiary/aromatic N) is 2. The monoisotopic (exact) mass is 273 g/mol. The van der Waals surface area contributed by atoms with Gasteiger partial charge in [-0.2, -0.15) is 0 Å². The second-order valence-electron chi connectivity index (χ2n) is 5.20. The molecule has 1 fully saturated rings. The SMILES string of the molecule is CC(C)N(C)CCNC(=O)N1C[C@@H](O)C[C@H]1C(=O)O. The minimum atomic E-state index is -1.08. The van der Waals surface area contributed by atoms with E-state index in [1.807, 2.05) is 7.05 Å². The zero-order valence-electron chi connectivity index (χ0n) is 11.7. The van der Waals surface area contributed by atoms with Crippen molar-refractivity contribution in [3.05, 3.63) is 0 Å². The molecule has 7 heteroatoms. The van der Waals surface area contributed by atoms with Crippen LogP contribution in [-0.2, 0) is 4.79 Å². The summed E-state index contributed by atoms with van der Waals surface area (Å²) in [4.78, 5) is 26.1. The van der Waals surface area contributed by atoms with Gasteiger partial charge in [0.1, 0.15) is 6.04 Å². The van der Waals surface area contributed by atoms with Crippen molar-refractivity contribution in [1.29, 1.82) is 0 Å². The van der Waals surface area contributed by atoms with Crippen LogP contribution in [0, 0.1) is 0 Å². The van der Waals surface area contributed by atoms with Crippen molar-refractivity contribution in [2.75, 3.05) is 26.7 Å². The number of aliphatic carboxylic acids is 1. The van der Waals surface area contributed by atoms with Crippen LogP contribution in [-0.4, -0.2) is 76.9 Å². The van der Waals surface area contributed by atoms with Gasteiger partial charge in [-0.3, -0.25) is 0 Å². The van der Waals surface area contributed by atoms with Gasteiger partial charge < -0.3 is 25.3 Å². The molecule has 0 bridgehead atoms. The molecule has 0 aliphatic carbocycles. The molecule has 0 aromatic rings. The molecule has 2 atom stereocenters. The number of urea groups is 1. The van der Waals surface area contributed by atoms with Crippen LogP contribution < -0.4 is 5.32 Å². The number of β-amino-alcohol motifs (C(OH)–C–C–N with tert-alkyl or cyclic N) is 1. The molecule has 0 aromatic carbocycles. The Balaban J connectivity index is 2.42. The van der Waals surface area contributed by atoms with E-state index in [-0.39, 0.29) is 13.0 Å². The van der Waals surface area contributed by atoms with Gasteiger partial charge in [-0.15, -0.1) is 0 Å². The molecule has 1 aliphatic heterocycles. The van der Waals surface area contributed by atoms with E-state index in [1.165, 1.54) is 4.90 Å². The third kappa shape index (κ3) is 4.36. The third-order valence-corrected chi connectivity index (χ3v) is 3.45. The molecule has 7 nitrogen and oxygen atoms in total. The summed E-state index contributed by atoms with van der Waals surface area (Å²) < 4.78 is 0. The topological polar surface area (TPSA) is 93.1 Å². The summed E-state index contributed by atoms with van der Waals surface area (Å²) in [5.41, 5.74) is 0. The lowest BCUT2D eigenvalue weighted by molar-refractivity contribution is -0.141. The van der Waals surface area contributed by atoms with E-state index < -0.39 is 24.1 Å². The van der Waals surface area contributed by atoms with Crippen molar-refractivity contribution in [1.82, 2.24) is 15.1 Å². The molecule has 1 aliphatic rings. The van der Waals surface area contributed by atoms with Crippen molar-refractivity contribution in [2.45, 2.75) is 38.5 Å². The molecule has 0 unspecified atom stereocenters. The predicted octanol–water partition coefficient (Wildman–Crippen LogP) is -0.444. The minimum Gasteiger partial charge on any atom is -0.480 e. The quantitative estimate of drug-likeness (QED) is 0.631. The summed E-state index contributed by atoms with van der Waals surface area (Å²) in [6, 6.07) is -0.976. The van der Waals surface area contributed by atoms with Crippen molar-refractivity contribution in [3.63, 3.8) is 0 Å². The van der Waals surface area contributed by atoms with Gasteiger partial charge in [0.2, 0.25) is 0 Å². The molecular formula is C12H23N3O4. The first-order chi connectivity index (χ1) is 8.82. The predicted molar refractivity (Wildman–Crippen MR) is 69.9 cm³/mol. The van der Waals surface area contributed by atoms with Crippen LogP contribution in [0.15, 0.2) is 0 Å². The Hall–Kier alpha value is -1.34. The molecule has 1 rings (SSSR count). The molecule has 19 heavy (non-hydrogen) atoms. The number of carboxylic acids is 1. The van der Waals surface area contributed by atoms with E-state index in [0.717, 1.165) is 0 Å². The van der Waals surface area contributed by atoms with Crippen molar-refractivity contribution in [3.8, 4) is 0 Å². The number of aliphatic hydroxyl groups excluding tert-OH is 1. The fraction of sp³-hybridized carbons (Fsp3) is 0.833. The lowest BCUT2D eigenvalue weighted by Crippen LogP contribution is -2.48. The maximum Gasteiger partial charge on any atom is 0.326 e. The van der Waals surface area contributed by atoms with Gasteiger partial charge in [-0.05, 0) is 20.9 Å². The van der Waals surface area contributed by atoms with Crippen molar-refractivity contribution < 1.29 is 19.8 Å². The van der Waals surface area contributed by atoms with Gasteiger partial charge >= 0.3 is 12.0 Å². The number of likely N-dealkylation sites (N-methyl/N-ethyl adjacent to an activating group) is 1. The van der Waals surface area contributed by atoms with Crippen LogP contribution in [0.4, 0.5) is 4.79 Å². The highest BCUT2D eigenvalue weighted by Crippen LogP contribution is 2.17. The highest BCUT2D eigenvalue weighted by molar-refractivity contribution is 5.83. The average molecular weight is 273 g/mol. The van der Waals surface area contributed by atoms with E-state index in [1.54, 1.807) is 0 Å². The average Bonchev–Trinajstić information content (AvgIpc) is 2.71. The Morgan fingerprint density at radius 3 is 2.63 bits per heavy atom. The van der Waals surface area contributed by atoms with E-state index >= 15 is 0 Å². The number of carboxylic acid groups (broad SMARTS) is 1. The third-order valence-electron chi connectivity index (χ3n) is 3.45. The molecule has 3 N–H and O–H groups in total. The van der Waals surface area contributed by atoms with Crippen molar-refractivity contribution in [2.24, 2.45) is 0 Å². The first kappa shape index (κ1) is 15.7. The lowest BCUT2D eigenvalue weighted by atomic mass is 10.2.